The van der Waals surface area contributed by atoms with Crippen molar-refractivity contribution in [2.75, 3.05) is 30.0 Å². The SMILES string of the molecule is CC1CC(CF)CN(c2ccncc2NC(=O)c2csc(-c3c(F)cccc3F)n2)C1. The second kappa shape index (κ2) is 9.05. The molecular weight excluding hydrogens is 425 g/mol. The van der Waals surface area contributed by atoms with Crippen LogP contribution in [0.2, 0.25) is 0 Å². The highest BCUT2D eigenvalue weighted by molar-refractivity contribution is 7.13. The molecule has 162 valence electrons. The standard InChI is InChI=1S/C22H21F3N4OS/c1-13-7-14(8-23)11-29(10-13)19-5-6-26-9-17(19)27-21(30)18-12-31-22(28-18)20-15(24)3-2-4-16(20)25/h2-6,9,12-14H,7-8,10-11H2,1H3,(H,27,30). The molecule has 1 aliphatic rings. The number of anilines is 2. The molecule has 31 heavy (non-hydrogen) atoms. The van der Waals surface area contributed by atoms with Crippen molar-refractivity contribution >= 4 is 28.6 Å². The molecule has 3 aromatic rings. The van der Waals surface area contributed by atoms with Crippen molar-refractivity contribution in [3.8, 4) is 10.6 Å². The van der Waals surface area contributed by atoms with Crippen molar-refractivity contribution < 1.29 is 18.0 Å². The zero-order valence-electron chi connectivity index (χ0n) is 16.8. The highest BCUT2D eigenvalue weighted by atomic mass is 32.1. The molecule has 1 N–H and O–H groups in total. The third-order valence-corrected chi connectivity index (χ3v) is 6.12. The summed E-state index contributed by atoms with van der Waals surface area (Å²) in [6.07, 6.45) is 3.98. The maximum absolute atomic E-state index is 14.0. The topological polar surface area (TPSA) is 58.1 Å². The summed E-state index contributed by atoms with van der Waals surface area (Å²) in [7, 11) is 0. The second-order valence-electron chi connectivity index (χ2n) is 7.75. The van der Waals surface area contributed by atoms with Crippen LogP contribution < -0.4 is 10.2 Å². The van der Waals surface area contributed by atoms with Crippen LogP contribution in [0.4, 0.5) is 24.5 Å². The number of carbonyl (C=O) groups is 1. The summed E-state index contributed by atoms with van der Waals surface area (Å²) >= 11 is 0.986. The van der Waals surface area contributed by atoms with Gasteiger partial charge in [-0.2, -0.15) is 0 Å². The number of piperidine rings is 1. The molecule has 3 heterocycles. The average molecular weight is 446 g/mol. The van der Waals surface area contributed by atoms with E-state index >= 15 is 0 Å². The number of carbonyl (C=O) groups excluding carboxylic acids is 1. The molecule has 2 atom stereocenters. The smallest absolute Gasteiger partial charge is 0.275 e. The lowest BCUT2D eigenvalue weighted by molar-refractivity contribution is 0.102. The number of hydrogen-bond acceptors (Lipinski definition) is 5. The largest absolute Gasteiger partial charge is 0.369 e. The predicted molar refractivity (Wildman–Crippen MR) is 115 cm³/mol. The molecule has 2 unspecified atom stereocenters. The Morgan fingerprint density at radius 3 is 2.77 bits per heavy atom. The van der Waals surface area contributed by atoms with Crippen LogP contribution in [0.1, 0.15) is 23.8 Å². The Kier molecular flexibility index (Phi) is 6.22. The molecular formula is C22H21F3N4OS. The zero-order chi connectivity index (χ0) is 22.0. The molecule has 1 saturated heterocycles. The quantitative estimate of drug-likeness (QED) is 0.588. The van der Waals surface area contributed by atoms with Gasteiger partial charge in [0.25, 0.3) is 5.91 Å². The Morgan fingerprint density at radius 1 is 1.26 bits per heavy atom. The lowest BCUT2D eigenvalue weighted by atomic mass is 9.91. The maximum atomic E-state index is 14.0. The normalized spacial score (nSPS) is 18.8. The van der Waals surface area contributed by atoms with E-state index in [1.807, 2.05) is 0 Å². The molecule has 9 heteroatoms. The van der Waals surface area contributed by atoms with Crippen molar-refractivity contribution in [2.45, 2.75) is 13.3 Å². The molecule has 2 aromatic heterocycles. The van der Waals surface area contributed by atoms with Crippen LogP contribution in [0, 0.1) is 23.5 Å². The summed E-state index contributed by atoms with van der Waals surface area (Å²) in [5.74, 6) is -1.73. The summed E-state index contributed by atoms with van der Waals surface area (Å²) in [4.78, 5) is 23.0. The first kappa shape index (κ1) is 21.3. The van der Waals surface area contributed by atoms with Gasteiger partial charge >= 0.3 is 0 Å². The van der Waals surface area contributed by atoms with Gasteiger partial charge in [-0.25, -0.2) is 13.8 Å². The van der Waals surface area contributed by atoms with E-state index in [4.69, 9.17) is 0 Å². The molecule has 4 rings (SSSR count). The van der Waals surface area contributed by atoms with Crippen LogP contribution in [0.5, 0.6) is 0 Å². The summed E-state index contributed by atoms with van der Waals surface area (Å²) in [6, 6.07) is 5.34. The fraction of sp³-hybridized carbons (Fsp3) is 0.318. The Bertz CT molecular complexity index is 1070. The number of benzene rings is 1. The molecule has 1 fully saturated rings. The molecule has 0 radical (unpaired) electrons. The van der Waals surface area contributed by atoms with Crippen LogP contribution in [0.3, 0.4) is 0 Å². The van der Waals surface area contributed by atoms with E-state index in [1.54, 1.807) is 12.3 Å². The van der Waals surface area contributed by atoms with E-state index in [-0.39, 0.29) is 28.9 Å². The summed E-state index contributed by atoms with van der Waals surface area (Å²) in [5.41, 5.74) is 1.02. The van der Waals surface area contributed by atoms with Crippen LogP contribution >= 0.6 is 11.3 Å². The Morgan fingerprint density at radius 2 is 2.03 bits per heavy atom. The Labute approximate surface area is 182 Å². The molecule has 1 aromatic carbocycles. The fourth-order valence-corrected chi connectivity index (χ4v) is 4.78. The molecule has 5 nitrogen and oxygen atoms in total. The first-order chi connectivity index (χ1) is 15.0. The molecule has 0 aliphatic carbocycles. The highest BCUT2D eigenvalue weighted by Gasteiger charge is 2.27. The number of hydrogen-bond donors (Lipinski definition) is 1. The minimum atomic E-state index is -0.738. The molecule has 1 amide bonds. The number of amides is 1. The third-order valence-electron chi connectivity index (χ3n) is 5.26. The van der Waals surface area contributed by atoms with Crippen molar-refractivity contribution in [3.05, 3.63) is 59.4 Å². The van der Waals surface area contributed by atoms with Crippen LogP contribution in [0.25, 0.3) is 10.6 Å². The van der Waals surface area contributed by atoms with Gasteiger partial charge in [-0.15, -0.1) is 11.3 Å². The van der Waals surface area contributed by atoms with Gasteiger partial charge in [-0.05, 0) is 30.5 Å². The van der Waals surface area contributed by atoms with Crippen LogP contribution in [-0.2, 0) is 0 Å². The number of aromatic nitrogens is 2. The number of alkyl halides is 1. The van der Waals surface area contributed by atoms with Gasteiger partial charge in [-0.3, -0.25) is 14.2 Å². The minimum absolute atomic E-state index is 0.0473. The summed E-state index contributed by atoms with van der Waals surface area (Å²) in [6.45, 7) is 2.99. The van der Waals surface area contributed by atoms with Gasteiger partial charge in [0.2, 0.25) is 0 Å². The van der Waals surface area contributed by atoms with Crippen molar-refractivity contribution in [1.82, 2.24) is 9.97 Å². The van der Waals surface area contributed by atoms with E-state index in [9.17, 15) is 18.0 Å². The number of nitrogens with zero attached hydrogens (tertiary/aromatic N) is 3. The van der Waals surface area contributed by atoms with Gasteiger partial charge in [0.1, 0.15) is 22.3 Å². The first-order valence-electron chi connectivity index (χ1n) is 9.92. The van der Waals surface area contributed by atoms with Gasteiger partial charge in [-0.1, -0.05) is 13.0 Å². The van der Waals surface area contributed by atoms with E-state index in [0.29, 0.717) is 18.2 Å². The second-order valence-corrected chi connectivity index (χ2v) is 8.61. The molecule has 0 saturated carbocycles. The van der Waals surface area contributed by atoms with Gasteiger partial charge < -0.3 is 10.2 Å². The van der Waals surface area contributed by atoms with Gasteiger partial charge in [0, 0.05) is 30.6 Å². The van der Waals surface area contributed by atoms with Crippen molar-refractivity contribution in [2.24, 2.45) is 11.8 Å². The van der Waals surface area contributed by atoms with E-state index in [1.165, 1.54) is 17.6 Å². The number of halogens is 3. The molecule has 0 spiro atoms. The van der Waals surface area contributed by atoms with Crippen molar-refractivity contribution in [3.63, 3.8) is 0 Å². The Hall–Kier alpha value is -2.94. The van der Waals surface area contributed by atoms with Gasteiger partial charge in [0.05, 0.1) is 29.8 Å². The minimum Gasteiger partial charge on any atom is -0.369 e. The predicted octanol–water partition coefficient (Wildman–Crippen LogP) is 5.17. The zero-order valence-corrected chi connectivity index (χ0v) is 17.6. The van der Waals surface area contributed by atoms with E-state index in [0.717, 1.165) is 42.1 Å². The third kappa shape index (κ3) is 4.56. The summed E-state index contributed by atoms with van der Waals surface area (Å²) in [5, 5.41) is 4.32. The first-order valence-corrected chi connectivity index (χ1v) is 10.8. The monoisotopic (exact) mass is 446 g/mol. The lowest BCUT2D eigenvalue weighted by Gasteiger charge is -2.37. The Balaban J connectivity index is 1.56. The highest BCUT2D eigenvalue weighted by Crippen LogP contribution is 2.33. The van der Waals surface area contributed by atoms with E-state index in [2.05, 4.69) is 27.1 Å². The number of thiazole rings is 1. The van der Waals surface area contributed by atoms with Gasteiger partial charge in [0.15, 0.2) is 0 Å². The lowest BCUT2D eigenvalue weighted by Crippen LogP contribution is -2.40. The van der Waals surface area contributed by atoms with Crippen molar-refractivity contribution in [1.29, 1.82) is 0 Å². The van der Waals surface area contributed by atoms with Crippen LogP contribution in [-0.4, -0.2) is 35.6 Å². The number of rotatable bonds is 5. The molecule has 0 bridgehead atoms. The fourth-order valence-electron chi connectivity index (χ4n) is 3.93. The number of pyridine rings is 1. The molecule has 1 aliphatic heterocycles. The maximum Gasteiger partial charge on any atom is 0.275 e. The van der Waals surface area contributed by atoms with Crippen LogP contribution in [0.15, 0.2) is 42.0 Å². The van der Waals surface area contributed by atoms with E-state index < -0.39 is 17.5 Å². The average Bonchev–Trinajstić information content (AvgIpc) is 3.23. The summed E-state index contributed by atoms with van der Waals surface area (Å²) < 4.78 is 41.4. The number of nitrogens with one attached hydrogen (secondary N) is 1.